The molecule has 2 aromatic heterocycles. The van der Waals surface area contributed by atoms with E-state index < -0.39 is 0 Å². The van der Waals surface area contributed by atoms with Crippen molar-refractivity contribution in [1.82, 2.24) is 14.6 Å². The lowest BCUT2D eigenvalue weighted by Gasteiger charge is -2.08. The number of aromatic nitrogens is 3. The zero-order chi connectivity index (χ0) is 8.84. The summed E-state index contributed by atoms with van der Waals surface area (Å²) in [6, 6.07) is 0. The fourth-order valence-electron chi connectivity index (χ4n) is 1.73. The summed E-state index contributed by atoms with van der Waals surface area (Å²) in [6.45, 7) is 0. The minimum atomic E-state index is 0. The quantitative estimate of drug-likeness (QED) is 0.737. The highest BCUT2D eigenvalue weighted by atomic mass is 79.9. The Bertz CT molecular complexity index is 490. The van der Waals surface area contributed by atoms with Gasteiger partial charge in [0.2, 0.25) is 4.96 Å². The normalized spacial score (nSPS) is 15.3. The van der Waals surface area contributed by atoms with E-state index in [2.05, 4.69) is 10.2 Å². The van der Waals surface area contributed by atoms with Crippen molar-refractivity contribution in [3.8, 4) is 0 Å². The highest BCUT2D eigenvalue weighted by Gasteiger charge is 2.23. The lowest BCUT2D eigenvalue weighted by molar-refractivity contribution is 0.0967. The second-order valence-corrected chi connectivity index (χ2v) is 4.20. The van der Waals surface area contributed by atoms with E-state index in [0.717, 1.165) is 23.5 Å². The van der Waals surface area contributed by atoms with Crippen LogP contribution in [0.4, 0.5) is 0 Å². The molecule has 0 saturated heterocycles. The summed E-state index contributed by atoms with van der Waals surface area (Å²) in [4.78, 5) is 13.6. The maximum Gasteiger partial charge on any atom is 0.216 e. The molecule has 1 aliphatic rings. The van der Waals surface area contributed by atoms with Crippen LogP contribution in [0.15, 0.2) is 6.33 Å². The first-order chi connectivity index (χ1) is 6.36. The van der Waals surface area contributed by atoms with Gasteiger partial charge in [0.05, 0.1) is 0 Å². The molecule has 0 aliphatic heterocycles. The standard InChI is InChI=1S/C8H7N3OS.BrH/c12-5-2-1-3-6-7(5)11-4-9-10-8(11)13-6;/h4H,1-3H2;1H. The van der Waals surface area contributed by atoms with Gasteiger partial charge in [0, 0.05) is 11.3 Å². The van der Waals surface area contributed by atoms with Gasteiger partial charge in [-0.1, -0.05) is 11.3 Å². The molecule has 6 heteroatoms. The molecule has 2 heterocycles. The van der Waals surface area contributed by atoms with E-state index in [9.17, 15) is 4.79 Å². The van der Waals surface area contributed by atoms with Gasteiger partial charge in [-0.25, -0.2) is 0 Å². The summed E-state index contributed by atoms with van der Waals surface area (Å²) in [5.74, 6) is 0.229. The first-order valence-corrected chi connectivity index (χ1v) is 5.02. The van der Waals surface area contributed by atoms with Crippen LogP contribution in [-0.2, 0) is 6.42 Å². The SMILES string of the molecule is Br.O=C1CCCc2sc3nncn3c21. The highest BCUT2D eigenvalue weighted by molar-refractivity contribution is 8.93. The molecule has 3 rings (SSSR count). The first kappa shape index (κ1) is 9.79. The molecule has 0 aromatic carbocycles. The van der Waals surface area contributed by atoms with Crippen molar-refractivity contribution in [3.05, 3.63) is 16.9 Å². The van der Waals surface area contributed by atoms with Crippen LogP contribution in [0, 0.1) is 0 Å². The molecule has 1 aliphatic carbocycles. The molecule has 0 radical (unpaired) electrons. The van der Waals surface area contributed by atoms with Crippen LogP contribution in [0.5, 0.6) is 0 Å². The minimum absolute atomic E-state index is 0. The Morgan fingerprint density at radius 3 is 3.14 bits per heavy atom. The zero-order valence-corrected chi connectivity index (χ0v) is 9.79. The number of rotatable bonds is 0. The summed E-state index contributed by atoms with van der Waals surface area (Å²) in [5.41, 5.74) is 0.816. The molecule has 0 atom stereocenters. The second kappa shape index (κ2) is 3.43. The van der Waals surface area contributed by atoms with Crippen LogP contribution < -0.4 is 0 Å². The predicted molar refractivity (Wildman–Crippen MR) is 58.5 cm³/mol. The molecule has 4 nitrogen and oxygen atoms in total. The maximum atomic E-state index is 11.6. The Morgan fingerprint density at radius 1 is 1.43 bits per heavy atom. The molecular weight excluding hydrogens is 266 g/mol. The Morgan fingerprint density at radius 2 is 2.29 bits per heavy atom. The fraction of sp³-hybridized carbons (Fsp3) is 0.375. The number of ketones is 1. The number of nitrogens with zero attached hydrogens (tertiary/aromatic N) is 3. The number of fused-ring (bicyclic) bond motifs is 3. The molecule has 74 valence electrons. The van der Waals surface area contributed by atoms with Gasteiger partial charge in [0.15, 0.2) is 5.78 Å². The van der Waals surface area contributed by atoms with Gasteiger partial charge in [0.1, 0.15) is 12.0 Å². The van der Waals surface area contributed by atoms with Crippen molar-refractivity contribution in [3.63, 3.8) is 0 Å². The average Bonchev–Trinajstić information content (AvgIpc) is 2.62. The van der Waals surface area contributed by atoms with Crippen LogP contribution in [0.25, 0.3) is 4.96 Å². The van der Waals surface area contributed by atoms with Crippen LogP contribution in [0.3, 0.4) is 0 Å². The lowest BCUT2D eigenvalue weighted by atomic mass is 10.0. The molecule has 2 aromatic rings. The fourth-order valence-corrected chi connectivity index (χ4v) is 2.83. The highest BCUT2D eigenvalue weighted by Crippen LogP contribution is 2.28. The third-order valence-electron chi connectivity index (χ3n) is 2.31. The largest absolute Gasteiger partial charge is 0.292 e. The van der Waals surface area contributed by atoms with Gasteiger partial charge < -0.3 is 0 Å². The third-order valence-corrected chi connectivity index (χ3v) is 3.41. The zero-order valence-electron chi connectivity index (χ0n) is 7.27. The minimum Gasteiger partial charge on any atom is -0.292 e. The van der Waals surface area contributed by atoms with Gasteiger partial charge in [-0.05, 0) is 12.8 Å². The van der Waals surface area contributed by atoms with Crippen molar-refractivity contribution in [1.29, 1.82) is 0 Å². The van der Waals surface area contributed by atoms with Gasteiger partial charge >= 0.3 is 0 Å². The van der Waals surface area contributed by atoms with E-state index in [4.69, 9.17) is 0 Å². The lowest BCUT2D eigenvalue weighted by Crippen LogP contribution is -2.10. The van der Waals surface area contributed by atoms with E-state index in [1.165, 1.54) is 4.88 Å². The molecule has 0 unspecified atom stereocenters. The summed E-state index contributed by atoms with van der Waals surface area (Å²) in [6.07, 6.45) is 4.27. The summed E-state index contributed by atoms with van der Waals surface area (Å²) >= 11 is 1.58. The third kappa shape index (κ3) is 1.21. The Balaban J connectivity index is 0.000000750. The van der Waals surface area contributed by atoms with Crippen LogP contribution in [0.1, 0.15) is 28.2 Å². The van der Waals surface area contributed by atoms with E-state index in [1.54, 1.807) is 17.7 Å². The Hall–Kier alpha value is -0.750. The van der Waals surface area contributed by atoms with E-state index >= 15 is 0 Å². The maximum absolute atomic E-state index is 11.6. The molecule has 0 fully saturated rings. The van der Waals surface area contributed by atoms with Crippen molar-refractivity contribution >= 4 is 39.1 Å². The summed E-state index contributed by atoms with van der Waals surface area (Å²) < 4.78 is 1.81. The van der Waals surface area contributed by atoms with Crippen molar-refractivity contribution in [2.45, 2.75) is 19.3 Å². The first-order valence-electron chi connectivity index (χ1n) is 4.21. The van der Waals surface area contributed by atoms with Gasteiger partial charge in [0.25, 0.3) is 0 Å². The molecular formula is C8H8BrN3OS. The number of aryl methyl sites for hydroxylation is 1. The van der Waals surface area contributed by atoms with Crippen LogP contribution in [0.2, 0.25) is 0 Å². The number of hydrogen-bond donors (Lipinski definition) is 0. The number of carbonyl (C=O) groups is 1. The molecule has 0 amide bonds. The van der Waals surface area contributed by atoms with Gasteiger partial charge in [-0.2, -0.15) is 0 Å². The smallest absolute Gasteiger partial charge is 0.216 e. The van der Waals surface area contributed by atoms with Crippen molar-refractivity contribution < 1.29 is 4.79 Å². The molecule has 0 bridgehead atoms. The number of carbonyl (C=O) groups excluding carboxylic acids is 1. The van der Waals surface area contributed by atoms with Crippen LogP contribution >= 0.6 is 28.3 Å². The van der Waals surface area contributed by atoms with Crippen molar-refractivity contribution in [2.24, 2.45) is 0 Å². The van der Waals surface area contributed by atoms with E-state index in [1.807, 2.05) is 4.40 Å². The summed E-state index contributed by atoms with van der Waals surface area (Å²) in [7, 11) is 0. The topological polar surface area (TPSA) is 47.3 Å². The average molecular weight is 274 g/mol. The van der Waals surface area contributed by atoms with E-state index in [0.29, 0.717) is 6.42 Å². The second-order valence-electron chi connectivity index (χ2n) is 3.13. The Labute approximate surface area is 94.7 Å². The van der Waals surface area contributed by atoms with Crippen molar-refractivity contribution in [2.75, 3.05) is 0 Å². The number of halogens is 1. The predicted octanol–water partition coefficient (Wildman–Crippen LogP) is 1.89. The molecule has 14 heavy (non-hydrogen) atoms. The number of thiazole rings is 1. The van der Waals surface area contributed by atoms with Gasteiger partial charge in [-0.15, -0.1) is 27.2 Å². The molecule has 0 N–H and O–H groups in total. The number of hydrogen-bond acceptors (Lipinski definition) is 4. The number of Topliss-reactive ketones (excluding diaryl/α,β-unsaturated/α-hetero) is 1. The molecule has 0 spiro atoms. The Kier molecular flexibility index (Phi) is 2.40. The van der Waals surface area contributed by atoms with E-state index in [-0.39, 0.29) is 22.8 Å². The van der Waals surface area contributed by atoms with Crippen LogP contribution in [-0.4, -0.2) is 20.4 Å². The summed E-state index contributed by atoms with van der Waals surface area (Å²) in [5, 5.41) is 7.71. The molecule has 0 saturated carbocycles. The monoisotopic (exact) mass is 273 g/mol. The van der Waals surface area contributed by atoms with Gasteiger partial charge in [-0.3, -0.25) is 9.20 Å².